The highest BCUT2D eigenvalue weighted by Gasteiger charge is 2.26. The zero-order valence-corrected chi connectivity index (χ0v) is 12.0. The summed E-state index contributed by atoms with van der Waals surface area (Å²) in [5.41, 5.74) is 2.55. The van der Waals surface area contributed by atoms with Crippen LogP contribution in [0.3, 0.4) is 0 Å². The predicted octanol–water partition coefficient (Wildman–Crippen LogP) is 3.26. The summed E-state index contributed by atoms with van der Waals surface area (Å²) in [6, 6.07) is 2.20. The molecule has 3 rings (SSSR count). The average molecular weight is 274 g/mol. The molecule has 108 valence electrons. The van der Waals surface area contributed by atoms with Crippen molar-refractivity contribution in [3.8, 4) is 0 Å². The number of nitrogens with zero attached hydrogens (tertiary/aromatic N) is 1. The van der Waals surface area contributed by atoms with Gasteiger partial charge in [0.2, 0.25) is 0 Å². The normalized spacial score (nSPS) is 25.2. The molecule has 2 N–H and O–H groups in total. The van der Waals surface area contributed by atoms with Crippen molar-refractivity contribution < 1.29 is 9.90 Å². The van der Waals surface area contributed by atoms with Crippen LogP contribution < -0.4 is 5.32 Å². The third-order valence-electron chi connectivity index (χ3n) is 4.71. The Balaban J connectivity index is 1.93. The van der Waals surface area contributed by atoms with Crippen LogP contribution in [0.1, 0.15) is 60.6 Å². The number of carboxylic acid groups (broad SMARTS) is 1. The summed E-state index contributed by atoms with van der Waals surface area (Å²) in [4.78, 5) is 16.1. The van der Waals surface area contributed by atoms with Crippen molar-refractivity contribution >= 4 is 11.8 Å². The number of anilines is 1. The Morgan fingerprint density at radius 2 is 2.10 bits per heavy atom. The lowest BCUT2D eigenvalue weighted by Gasteiger charge is -2.22. The maximum absolute atomic E-state index is 11.5. The van der Waals surface area contributed by atoms with Crippen LogP contribution in [0.4, 0.5) is 5.82 Å². The van der Waals surface area contributed by atoms with Crippen molar-refractivity contribution in [3.05, 3.63) is 22.9 Å². The second-order valence-electron chi connectivity index (χ2n) is 6.16. The number of hydrogen-bond donors (Lipinski definition) is 2. The molecular formula is C16H22N2O2. The van der Waals surface area contributed by atoms with Crippen LogP contribution in [0.15, 0.2) is 6.07 Å². The number of rotatable bonds is 3. The average Bonchev–Trinajstić information content (AvgIpc) is 2.83. The maximum Gasteiger partial charge on any atom is 0.339 e. The van der Waals surface area contributed by atoms with E-state index in [1.165, 1.54) is 12.8 Å². The van der Waals surface area contributed by atoms with Crippen molar-refractivity contribution in [1.82, 2.24) is 4.98 Å². The Hall–Kier alpha value is -1.58. The molecular weight excluding hydrogens is 252 g/mol. The molecule has 1 aromatic rings. The first-order valence-electron chi connectivity index (χ1n) is 7.68. The highest BCUT2D eigenvalue weighted by molar-refractivity contribution is 5.93. The molecule has 2 aliphatic carbocycles. The van der Waals surface area contributed by atoms with E-state index in [4.69, 9.17) is 0 Å². The Labute approximate surface area is 119 Å². The van der Waals surface area contributed by atoms with Gasteiger partial charge in [0.25, 0.3) is 0 Å². The highest BCUT2D eigenvalue weighted by atomic mass is 16.4. The van der Waals surface area contributed by atoms with Gasteiger partial charge in [-0.05, 0) is 56.1 Å². The van der Waals surface area contributed by atoms with Crippen molar-refractivity contribution in [1.29, 1.82) is 0 Å². The van der Waals surface area contributed by atoms with Gasteiger partial charge in [-0.2, -0.15) is 0 Å². The van der Waals surface area contributed by atoms with Gasteiger partial charge in [0.05, 0.1) is 0 Å². The van der Waals surface area contributed by atoms with Crippen molar-refractivity contribution in [2.45, 2.75) is 57.9 Å². The standard InChI is InChI=1S/C16H22N2O2/c1-10-5-4-8-13(10)17-15-12(16(19)20)9-11-6-2-3-7-14(11)18-15/h9-10,13H,2-8H2,1H3,(H,17,18)(H,19,20). The molecule has 0 aliphatic heterocycles. The number of hydrogen-bond acceptors (Lipinski definition) is 3. The van der Waals surface area contributed by atoms with E-state index in [9.17, 15) is 9.90 Å². The van der Waals surface area contributed by atoms with E-state index in [-0.39, 0.29) is 0 Å². The first kappa shape index (κ1) is 13.4. The van der Waals surface area contributed by atoms with Gasteiger partial charge in [0.15, 0.2) is 0 Å². The Kier molecular flexibility index (Phi) is 3.64. The summed E-state index contributed by atoms with van der Waals surface area (Å²) < 4.78 is 0. The van der Waals surface area contributed by atoms with E-state index in [0.29, 0.717) is 23.3 Å². The number of pyridine rings is 1. The molecule has 2 unspecified atom stereocenters. The lowest BCUT2D eigenvalue weighted by atomic mass is 9.94. The van der Waals surface area contributed by atoms with Gasteiger partial charge in [0, 0.05) is 11.7 Å². The van der Waals surface area contributed by atoms with Crippen LogP contribution >= 0.6 is 0 Å². The molecule has 0 bridgehead atoms. The van der Waals surface area contributed by atoms with Crippen molar-refractivity contribution in [3.63, 3.8) is 0 Å². The monoisotopic (exact) mass is 274 g/mol. The smallest absolute Gasteiger partial charge is 0.339 e. The molecule has 0 spiro atoms. The summed E-state index contributed by atoms with van der Waals surface area (Å²) in [6.07, 6.45) is 7.77. The fourth-order valence-electron chi connectivity index (χ4n) is 3.44. The van der Waals surface area contributed by atoms with Crippen LogP contribution in [-0.2, 0) is 12.8 Å². The van der Waals surface area contributed by atoms with Gasteiger partial charge in [-0.25, -0.2) is 9.78 Å². The molecule has 0 saturated heterocycles. The van der Waals surface area contributed by atoms with E-state index in [1.54, 1.807) is 0 Å². The lowest BCUT2D eigenvalue weighted by molar-refractivity contribution is 0.0697. The lowest BCUT2D eigenvalue weighted by Crippen LogP contribution is -2.25. The van der Waals surface area contributed by atoms with Crippen LogP contribution in [0.25, 0.3) is 0 Å². The van der Waals surface area contributed by atoms with Crippen molar-refractivity contribution in [2.24, 2.45) is 5.92 Å². The SMILES string of the molecule is CC1CCCC1Nc1nc2c(cc1C(=O)O)CCCC2. The summed E-state index contributed by atoms with van der Waals surface area (Å²) in [5.74, 6) is 0.297. The minimum atomic E-state index is -0.876. The summed E-state index contributed by atoms with van der Waals surface area (Å²) in [6.45, 7) is 2.23. The van der Waals surface area contributed by atoms with Gasteiger partial charge in [-0.15, -0.1) is 0 Å². The molecule has 4 nitrogen and oxygen atoms in total. The maximum atomic E-state index is 11.5. The minimum Gasteiger partial charge on any atom is -0.478 e. The molecule has 2 atom stereocenters. The number of fused-ring (bicyclic) bond motifs is 1. The highest BCUT2D eigenvalue weighted by Crippen LogP contribution is 2.30. The van der Waals surface area contributed by atoms with Gasteiger partial charge in [-0.1, -0.05) is 13.3 Å². The topological polar surface area (TPSA) is 62.2 Å². The number of nitrogens with one attached hydrogen (secondary N) is 1. The molecule has 1 aromatic heterocycles. The third-order valence-corrected chi connectivity index (χ3v) is 4.71. The minimum absolute atomic E-state index is 0.338. The Bertz CT molecular complexity index is 527. The number of aryl methyl sites for hydroxylation is 2. The fourth-order valence-corrected chi connectivity index (χ4v) is 3.44. The zero-order chi connectivity index (χ0) is 14.1. The molecule has 1 fully saturated rings. The number of aromatic carboxylic acids is 1. The Morgan fingerprint density at radius 1 is 1.30 bits per heavy atom. The van der Waals surface area contributed by atoms with Gasteiger partial charge >= 0.3 is 5.97 Å². The number of aromatic nitrogens is 1. The fraction of sp³-hybridized carbons (Fsp3) is 0.625. The predicted molar refractivity (Wildman–Crippen MR) is 78.3 cm³/mol. The zero-order valence-electron chi connectivity index (χ0n) is 12.0. The quantitative estimate of drug-likeness (QED) is 0.888. The molecule has 1 saturated carbocycles. The van der Waals surface area contributed by atoms with Gasteiger partial charge < -0.3 is 10.4 Å². The summed E-state index contributed by atoms with van der Waals surface area (Å²) in [7, 11) is 0. The summed E-state index contributed by atoms with van der Waals surface area (Å²) >= 11 is 0. The number of carboxylic acids is 1. The van der Waals surface area contributed by atoms with E-state index < -0.39 is 5.97 Å². The van der Waals surface area contributed by atoms with Crippen molar-refractivity contribution in [2.75, 3.05) is 5.32 Å². The first-order chi connectivity index (χ1) is 9.65. The van der Waals surface area contributed by atoms with E-state index in [2.05, 4.69) is 17.2 Å². The van der Waals surface area contributed by atoms with Crippen LogP contribution in [-0.4, -0.2) is 22.1 Å². The molecule has 2 aliphatic rings. The first-order valence-corrected chi connectivity index (χ1v) is 7.68. The van der Waals surface area contributed by atoms with E-state index >= 15 is 0 Å². The van der Waals surface area contributed by atoms with Gasteiger partial charge in [0.1, 0.15) is 11.4 Å². The third kappa shape index (κ3) is 2.51. The summed E-state index contributed by atoms with van der Waals surface area (Å²) in [5, 5.41) is 12.8. The largest absolute Gasteiger partial charge is 0.478 e. The molecule has 0 aromatic carbocycles. The van der Waals surface area contributed by atoms with E-state index in [1.807, 2.05) is 6.07 Å². The molecule has 1 heterocycles. The molecule has 0 radical (unpaired) electrons. The van der Waals surface area contributed by atoms with Crippen LogP contribution in [0.5, 0.6) is 0 Å². The number of carbonyl (C=O) groups is 1. The van der Waals surface area contributed by atoms with Crippen LogP contribution in [0, 0.1) is 5.92 Å². The molecule has 4 heteroatoms. The second kappa shape index (κ2) is 5.43. The molecule has 20 heavy (non-hydrogen) atoms. The second-order valence-corrected chi connectivity index (χ2v) is 6.16. The van der Waals surface area contributed by atoms with Crippen LogP contribution in [0.2, 0.25) is 0 Å². The van der Waals surface area contributed by atoms with E-state index in [0.717, 1.165) is 43.4 Å². The Morgan fingerprint density at radius 3 is 2.80 bits per heavy atom. The van der Waals surface area contributed by atoms with Gasteiger partial charge in [-0.3, -0.25) is 0 Å². The molecule has 0 amide bonds.